The Morgan fingerprint density at radius 2 is 2.33 bits per heavy atom. The van der Waals surface area contributed by atoms with Crippen molar-refractivity contribution >= 4 is 0 Å². The lowest BCUT2D eigenvalue weighted by molar-refractivity contribution is 0.434. The fourth-order valence-corrected chi connectivity index (χ4v) is 1.93. The summed E-state index contributed by atoms with van der Waals surface area (Å²) in [7, 11) is 0. The van der Waals surface area contributed by atoms with Crippen LogP contribution >= 0.6 is 0 Å². The molecule has 1 aliphatic rings. The third kappa shape index (κ3) is 1.07. The normalized spacial score (nSPS) is 19.5. The molecule has 0 amide bonds. The van der Waals surface area contributed by atoms with Crippen LogP contribution in [0.4, 0.5) is 0 Å². The third-order valence-corrected chi connectivity index (χ3v) is 2.82. The molecule has 0 saturated heterocycles. The molecule has 12 heavy (non-hydrogen) atoms. The van der Waals surface area contributed by atoms with Gasteiger partial charge in [-0.2, -0.15) is 0 Å². The van der Waals surface area contributed by atoms with Gasteiger partial charge in [0.1, 0.15) is 5.76 Å². The van der Waals surface area contributed by atoms with Crippen molar-refractivity contribution in [3.05, 3.63) is 23.7 Å². The first kappa shape index (κ1) is 7.87. The number of hydrogen-bond donors (Lipinski definition) is 1. The van der Waals surface area contributed by atoms with Crippen LogP contribution in [0.5, 0.6) is 0 Å². The Kier molecular flexibility index (Phi) is 1.72. The number of hydrogen-bond acceptors (Lipinski definition) is 2. The maximum Gasteiger partial charge on any atom is 0.112 e. The van der Waals surface area contributed by atoms with Crippen molar-refractivity contribution < 1.29 is 4.42 Å². The van der Waals surface area contributed by atoms with Gasteiger partial charge in [0.2, 0.25) is 0 Å². The zero-order chi connectivity index (χ0) is 8.60. The molecule has 66 valence electrons. The summed E-state index contributed by atoms with van der Waals surface area (Å²) in [4.78, 5) is 0. The molecule has 1 aromatic heterocycles. The fourth-order valence-electron chi connectivity index (χ4n) is 1.93. The van der Waals surface area contributed by atoms with E-state index in [4.69, 9.17) is 10.2 Å². The Morgan fingerprint density at radius 1 is 1.58 bits per heavy atom. The lowest BCUT2D eigenvalue weighted by Gasteiger charge is -2.11. The van der Waals surface area contributed by atoms with Gasteiger partial charge < -0.3 is 10.2 Å². The van der Waals surface area contributed by atoms with Crippen LogP contribution in [-0.4, -0.2) is 6.54 Å². The molecule has 2 heteroatoms. The van der Waals surface area contributed by atoms with Crippen LogP contribution in [0.15, 0.2) is 16.7 Å². The van der Waals surface area contributed by atoms with Gasteiger partial charge in [-0.3, -0.25) is 0 Å². The number of aryl methyl sites for hydroxylation is 1. The summed E-state index contributed by atoms with van der Waals surface area (Å²) >= 11 is 0. The van der Waals surface area contributed by atoms with Crippen LogP contribution in [0.3, 0.4) is 0 Å². The van der Waals surface area contributed by atoms with Crippen molar-refractivity contribution in [1.82, 2.24) is 0 Å². The van der Waals surface area contributed by atoms with E-state index in [2.05, 4.69) is 6.92 Å². The van der Waals surface area contributed by atoms with Gasteiger partial charge in [-0.15, -0.1) is 0 Å². The predicted octanol–water partition coefficient (Wildman–Crippen LogP) is 1.97. The van der Waals surface area contributed by atoms with Gasteiger partial charge >= 0.3 is 0 Å². The smallest absolute Gasteiger partial charge is 0.112 e. The summed E-state index contributed by atoms with van der Waals surface area (Å²) < 4.78 is 5.49. The van der Waals surface area contributed by atoms with Crippen LogP contribution in [-0.2, 0) is 5.41 Å². The highest BCUT2D eigenvalue weighted by molar-refractivity contribution is 5.29. The summed E-state index contributed by atoms with van der Waals surface area (Å²) in [5.41, 5.74) is 7.17. The molecule has 0 atom stereocenters. The van der Waals surface area contributed by atoms with Crippen molar-refractivity contribution in [2.24, 2.45) is 5.73 Å². The van der Waals surface area contributed by atoms with Gasteiger partial charge in [0, 0.05) is 5.41 Å². The predicted molar refractivity (Wildman–Crippen MR) is 48.0 cm³/mol. The van der Waals surface area contributed by atoms with Gasteiger partial charge in [-0.05, 0) is 44.4 Å². The van der Waals surface area contributed by atoms with Crippen LogP contribution in [0, 0.1) is 6.92 Å². The van der Waals surface area contributed by atoms with Crippen molar-refractivity contribution in [3.63, 3.8) is 0 Å². The molecule has 2 nitrogen and oxygen atoms in total. The second kappa shape index (κ2) is 2.63. The summed E-state index contributed by atoms with van der Waals surface area (Å²) in [6, 6.07) is 2.03. The minimum atomic E-state index is 0.322. The quantitative estimate of drug-likeness (QED) is 0.743. The molecule has 1 heterocycles. The lowest BCUT2D eigenvalue weighted by atomic mass is 9.97. The summed E-state index contributed by atoms with van der Waals surface area (Å²) in [6.45, 7) is 2.87. The average molecular weight is 165 g/mol. The first-order valence-electron chi connectivity index (χ1n) is 4.53. The molecule has 0 bridgehead atoms. The van der Waals surface area contributed by atoms with Crippen LogP contribution < -0.4 is 5.73 Å². The van der Waals surface area contributed by atoms with E-state index in [1.54, 1.807) is 6.26 Å². The SMILES string of the molecule is Cc1ccoc1C1(CCN)CC1. The first-order valence-corrected chi connectivity index (χ1v) is 4.53. The van der Waals surface area contributed by atoms with Crippen LogP contribution in [0.1, 0.15) is 30.6 Å². The van der Waals surface area contributed by atoms with Crippen molar-refractivity contribution in [1.29, 1.82) is 0 Å². The zero-order valence-electron chi connectivity index (χ0n) is 7.47. The van der Waals surface area contributed by atoms with Crippen molar-refractivity contribution in [2.75, 3.05) is 6.54 Å². The molecule has 2 N–H and O–H groups in total. The first-order chi connectivity index (χ1) is 5.78. The topological polar surface area (TPSA) is 39.2 Å². The number of nitrogens with two attached hydrogens (primary N) is 1. The highest BCUT2D eigenvalue weighted by atomic mass is 16.3. The fraction of sp³-hybridized carbons (Fsp3) is 0.600. The van der Waals surface area contributed by atoms with E-state index >= 15 is 0 Å². The van der Waals surface area contributed by atoms with Gasteiger partial charge in [-0.25, -0.2) is 0 Å². The Balaban J connectivity index is 2.24. The molecule has 0 aliphatic heterocycles. The molecule has 1 aliphatic carbocycles. The van der Waals surface area contributed by atoms with E-state index in [1.807, 2.05) is 6.07 Å². The second-order valence-corrected chi connectivity index (χ2v) is 3.75. The highest BCUT2D eigenvalue weighted by Crippen LogP contribution is 2.51. The van der Waals surface area contributed by atoms with Crippen molar-refractivity contribution in [2.45, 2.75) is 31.6 Å². The summed E-state index contributed by atoms with van der Waals surface area (Å²) in [5.74, 6) is 1.17. The van der Waals surface area contributed by atoms with E-state index in [-0.39, 0.29) is 0 Å². The molecule has 1 aromatic rings. The molecular weight excluding hydrogens is 150 g/mol. The molecule has 0 spiro atoms. The Morgan fingerprint density at radius 3 is 2.75 bits per heavy atom. The molecule has 1 fully saturated rings. The van der Waals surface area contributed by atoms with E-state index in [9.17, 15) is 0 Å². The molecule has 1 saturated carbocycles. The second-order valence-electron chi connectivity index (χ2n) is 3.75. The number of rotatable bonds is 3. The molecule has 0 radical (unpaired) electrons. The standard InChI is InChI=1S/C10H15NO/c1-8-2-7-12-9(8)10(3-4-10)5-6-11/h2,7H,3-6,11H2,1H3. The van der Waals surface area contributed by atoms with Gasteiger partial charge in [-0.1, -0.05) is 0 Å². The van der Waals surface area contributed by atoms with Crippen LogP contribution in [0.25, 0.3) is 0 Å². The molecular formula is C10H15NO. The Bertz CT molecular complexity index is 273. The minimum absolute atomic E-state index is 0.322. The highest BCUT2D eigenvalue weighted by Gasteiger charge is 2.46. The maximum absolute atomic E-state index is 5.57. The summed E-state index contributed by atoms with van der Waals surface area (Å²) in [6.07, 6.45) is 5.35. The van der Waals surface area contributed by atoms with Crippen LogP contribution in [0.2, 0.25) is 0 Å². The molecule has 2 rings (SSSR count). The average Bonchev–Trinajstić information content (AvgIpc) is 2.68. The maximum atomic E-state index is 5.57. The zero-order valence-corrected chi connectivity index (χ0v) is 7.47. The Labute approximate surface area is 72.7 Å². The third-order valence-electron chi connectivity index (χ3n) is 2.82. The largest absolute Gasteiger partial charge is 0.468 e. The van der Waals surface area contributed by atoms with Gasteiger partial charge in [0.15, 0.2) is 0 Å². The van der Waals surface area contributed by atoms with E-state index in [0.29, 0.717) is 5.41 Å². The minimum Gasteiger partial charge on any atom is -0.468 e. The van der Waals surface area contributed by atoms with Gasteiger partial charge in [0.05, 0.1) is 6.26 Å². The Hall–Kier alpha value is -0.760. The van der Waals surface area contributed by atoms with E-state index < -0.39 is 0 Å². The molecule has 0 unspecified atom stereocenters. The lowest BCUT2D eigenvalue weighted by Crippen LogP contribution is -2.13. The molecule has 0 aromatic carbocycles. The van der Waals surface area contributed by atoms with Gasteiger partial charge in [0.25, 0.3) is 0 Å². The van der Waals surface area contributed by atoms with Crippen molar-refractivity contribution in [3.8, 4) is 0 Å². The number of furan rings is 1. The monoisotopic (exact) mass is 165 g/mol. The van der Waals surface area contributed by atoms with E-state index in [0.717, 1.165) is 13.0 Å². The summed E-state index contributed by atoms with van der Waals surface area (Å²) in [5, 5.41) is 0. The van der Waals surface area contributed by atoms with E-state index in [1.165, 1.54) is 24.2 Å².